The zero-order chi connectivity index (χ0) is 14.1. The Morgan fingerprint density at radius 2 is 2.10 bits per heavy atom. The summed E-state index contributed by atoms with van der Waals surface area (Å²) in [4.78, 5) is 0. The van der Waals surface area contributed by atoms with Crippen molar-refractivity contribution in [1.29, 1.82) is 0 Å². The lowest BCUT2D eigenvalue weighted by Gasteiger charge is -2.26. The van der Waals surface area contributed by atoms with Crippen LogP contribution in [0.4, 0.5) is 4.39 Å². The summed E-state index contributed by atoms with van der Waals surface area (Å²) in [6.07, 6.45) is 9.14. The third-order valence-corrected chi connectivity index (χ3v) is 3.61. The van der Waals surface area contributed by atoms with E-state index in [0.29, 0.717) is 0 Å². The van der Waals surface area contributed by atoms with Crippen LogP contribution in [0.15, 0.2) is 54.1 Å². The van der Waals surface area contributed by atoms with Gasteiger partial charge in [0.1, 0.15) is 5.82 Å². The Morgan fingerprint density at radius 3 is 2.70 bits per heavy atom. The lowest BCUT2D eigenvalue weighted by molar-refractivity contribution is 0.367. The second-order valence-electron chi connectivity index (χ2n) is 4.73. The number of nitrogens with zero attached hydrogens (tertiary/aromatic N) is 1. The average molecular weight is 287 g/mol. The molecular formula is C15H14FN3S. The molecule has 1 aliphatic heterocycles. The summed E-state index contributed by atoms with van der Waals surface area (Å²) in [6.45, 7) is 0. The minimum Gasteiger partial charge on any atom is -0.375 e. The largest absolute Gasteiger partial charge is 0.375 e. The third kappa shape index (κ3) is 2.32. The van der Waals surface area contributed by atoms with Crippen LogP contribution in [0.25, 0.3) is 5.70 Å². The van der Waals surface area contributed by atoms with E-state index in [1.54, 1.807) is 17.1 Å². The zero-order valence-corrected chi connectivity index (χ0v) is 11.5. The van der Waals surface area contributed by atoms with Crippen LogP contribution in [0, 0.1) is 5.82 Å². The van der Waals surface area contributed by atoms with Crippen molar-refractivity contribution in [2.75, 3.05) is 0 Å². The fourth-order valence-electron chi connectivity index (χ4n) is 2.41. The molecule has 0 spiro atoms. The Hall–Kier alpha value is -2.14. The Morgan fingerprint density at radius 1 is 1.35 bits per heavy atom. The molecule has 0 saturated heterocycles. The number of halogens is 1. The Balaban J connectivity index is 1.91. The van der Waals surface area contributed by atoms with Gasteiger partial charge < -0.3 is 5.73 Å². The molecule has 0 bridgehead atoms. The van der Waals surface area contributed by atoms with E-state index < -0.39 is 0 Å². The van der Waals surface area contributed by atoms with E-state index >= 15 is 0 Å². The first-order valence-corrected chi connectivity index (χ1v) is 6.74. The van der Waals surface area contributed by atoms with Gasteiger partial charge in [-0.05, 0) is 60.1 Å². The standard InChI is InChI=1S/C15H14FN3S/c16-12-7-5-10(6-8-12)13-9-14(11-3-1-2-4-11)19(18-13)15(17)20/h1-3,5-9,14,18H,4H2,(H2,17,20). The average Bonchev–Trinajstić information content (AvgIpc) is 3.08. The third-order valence-electron chi connectivity index (χ3n) is 3.42. The van der Waals surface area contributed by atoms with E-state index in [4.69, 9.17) is 18.0 Å². The molecule has 3 rings (SSSR count). The van der Waals surface area contributed by atoms with Crippen molar-refractivity contribution in [3.63, 3.8) is 0 Å². The number of rotatable bonds is 2. The molecule has 102 valence electrons. The predicted octanol–water partition coefficient (Wildman–Crippen LogP) is 2.49. The molecule has 5 heteroatoms. The summed E-state index contributed by atoms with van der Waals surface area (Å²) in [7, 11) is 0. The van der Waals surface area contributed by atoms with Gasteiger partial charge in [0.25, 0.3) is 0 Å². The van der Waals surface area contributed by atoms with Gasteiger partial charge in [-0.25, -0.2) is 4.39 Å². The molecular weight excluding hydrogens is 273 g/mol. The molecule has 3 nitrogen and oxygen atoms in total. The van der Waals surface area contributed by atoms with E-state index in [-0.39, 0.29) is 17.0 Å². The predicted molar refractivity (Wildman–Crippen MR) is 81.8 cm³/mol. The van der Waals surface area contributed by atoms with Gasteiger partial charge in [-0.1, -0.05) is 18.2 Å². The van der Waals surface area contributed by atoms with Crippen LogP contribution in [-0.4, -0.2) is 16.2 Å². The smallest absolute Gasteiger partial charge is 0.186 e. The second-order valence-corrected chi connectivity index (χ2v) is 5.14. The van der Waals surface area contributed by atoms with Crippen molar-refractivity contribution in [3.05, 3.63) is 65.5 Å². The van der Waals surface area contributed by atoms with E-state index in [0.717, 1.165) is 17.7 Å². The summed E-state index contributed by atoms with van der Waals surface area (Å²) >= 11 is 5.09. The molecule has 0 aromatic heterocycles. The van der Waals surface area contributed by atoms with Gasteiger partial charge in [-0.2, -0.15) is 0 Å². The van der Waals surface area contributed by atoms with E-state index in [2.05, 4.69) is 23.7 Å². The topological polar surface area (TPSA) is 41.3 Å². The van der Waals surface area contributed by atoms with Gasteiger partial charge in [0.2, 0.25) is 0 Å². The van der Waals surface area contributed by atoms with Gasteiger partial charge >= 0.3 is 0 Å². The molecule has 0 amide bonds. The number of allylic oxidation sites excluding steroid dienone is 3. The fraction of sp³-hybridized carbons (Fsp3) is 0.133. The highest BCUT2D eigenvalue weighted by Gasteiger charge is 2.29. The molecule has 3 N–H and O–H groups in total. The van der Waals surface area contributed by atoms with Crippen LogP contribution in [0.5, 0.6) is 0 Å². The lowest BCUT2D eigenvalue weighted by Crippen LogP contribution is -2.46. The number of nitrogens with two attached hydrogens (primary N) is 1. The molecule has 2 aliphatic rings. The molecule has 1 unspecified atom stereocenters. The SMILES string of the molecule is NC(=S)N1NC(c2ccc(F)cc2)=CC1C1=CC=CC1. The maximum Gasteiger partial charge on any atom is 0.186 e. The number of nitrogens with one attached hydrogen (secondary N) is 1. The van der Waals surface area contributed by atoms with Crippen LogP contribution >= 0.6 is 12.2 Å². The molecule has 0 fully saturated rings. The maximum absolute atomic E-state index is 13.0. The highest BCUT2D eigenvalue weighted by molar-refractivity contribution is 7.80. The molecule has 1 aliphatic carbocycles. The number of hydrogen-bond donors (Lipinski definition) is 2. The highest BCUT2D eigenvalue weighted by atomic mass is 32.1. The Bertz CT molecular complexity index is 631. The summed E-state index contributed by atoms with van der Waals surface area (Å²) < 4.78 is 13.0. The number of thiocarbonyl (C=S) groups is 1. The van der Waals surface area contributed by atoms with Crippen LogP contribution in [0.2, 0.25) is 0 Å². The first-order chi connectivity index (χ1) is 9.65. The van der Waals surface area contributed by atoms with Gasteiger partial charge in [0, 0.05) is 0 Å². The maximum atomic E-state index is 13.0. The minimum absolute atomic E-state index is 0.00236. The van der Waals surface area contributed by atoms with Gasteiger partial charge in [0.05, 0.1) is 11.7 Å². The summed E-state index contributed by atoms with van der Waals surface area (Å²) in [5, 5.41) is 2.04. The summed E-state index contributed by atoms with van der Waals surface area (Å²) in [5.74, 6) is -0.252. The highest BCUT2D eigenvalue weighted by Crippen LogP contribution is 2.28. The van der Waals surface area contributed by atoms with Crippen molar-refractivity contribution < 1.29 is 4.39 Å². The Kier molecular flexibility index (Phi) is 3.28. The lowest BCUT2D eigenvalue weighted by atomic mass is 10.0. The Labute approximate surface area is 122 Å². The van der Waals surface area contributed by atoms with Crippen molar-refractivity contribution >= 4 is 23.0 Å². The first kappa shape index (κ1) is 12.9. The van der Waals surface area contributed by atoms with Crippen LogP contribution in [0.3, 0.4) is 0 Å². The number of hydrazine groups is 1. The monoisotopic (exact) mass is 287 g/mol. The molecule has 1 aromatic rings. The van der Waals surface area contributed by atoms with Crippen molar-refractivity contribution in [2.45, 2.75) is 12.5 Å². The normalized spacial score (nSPS) is 20.6. The van der Waals surface area contributed by atoms with E-state index in [1.165, 1.54) is 17.7 Å². The number of benzene rings is 1. The van der Waals surface area contributed by atoms with E-state index in [1.807, 2.05) is 6.08 Å². The van der Waals surface area contributed by atoms with Crippen LogP contribution in [-0.2, 0) is 0 Å². The molecule has 20 heavy (non-hydrogen) atoms. The van der Waals surface area contributed by atoms with Crippen molar-refractivity contribution in [2.24, 2.45) is 5.73 Å². The van der Waals surface area contributed by atoms with Crippen molar-refractivity contribution in [3.8, 4) is 0 Å². The molecule has 1 heterocycles. The molecule has 1 aromatic carbocycles. The van der Waals surface area contributed by atoms with Gasteiger partial charge in [-0.3, -0.25) is 10.4 Å². The van der Waals surface area contributed by atoms with Gasteiger partial charge in [0.15, 0.2) is 5.11 Å². The zero-order valence-electron chi connectivity index (χ0n) is 10.7. The number of hydrogen-bond acceptors (Lipinski definition) is 2. The quantitative estimate of drug-likeness (QED) is 0.820. The second kappa shape index (κ2) is 5.09. The summed E-state index contributed by atoms with van der Waals surface area (Å²) in [5.41, 5.74) is 12.0. The molecule has 0 radical (unpaired) electrons. The van der Waals surface area contributed by atoms with Gasteiger partial charge in [-0.15, -0.1) is 0 Å². The summed E-state index contributed by atoms with van der Waals surface area (Å²) in [6, 6.07) is 6.34. The van der Waals surface area contributed by atoms with Crippen LogP contribution in [0.1, 0.15) is 12.0 Å². The molecule has 0 saturated carbocycles. The van der Waals surface area contributed by atoms with Crippen LogP contribution < -0.4 is 11.2 Å². The minimum atomic E-state index is -0.252. The van der Waals surface area contributed by atoms with Crippen molar-refractivity contribution in [1.82, 2.24) is 10.4 Å². The molecule has 1 atom stereocenters. The van der Waals surface area contributed by atoms with E-state index in [9.17, 15) is 4.39 Å². The fourth-order valence-corrected chi connectivity index (χ4v) is 2.57. The first-order valence-electron chi connectivity index (χ1n) is 6.34.